The second-order valence-corrected chi connectivity index (χ2v) is 5.82. The van der Waals surface area contributed by atoms with Crippen molar-refractivity contribution in [2.75, 3.05) is 7.11 Å². The second-order valence-electron chi connectivity index (χ2n) is 2.86. The summed E-state index contributed by atoms with van der Waals surface area (Å²) in [6.45, 7) is 0. The van der Waals surface area contributed by atoms with Gasteiger partial charge in [0.2, 0.25) is 0 Å². The summed E-state index contributed by atoms with van der Waals surface area (Å²) in [5.74, 6) is -0.446. The highest BCUT2D eigenvalue weighted by molar-refractivity contribution is 14.2. The number of ether oxygens (including phenoxy) is 1. The molecule has 8 heteroatoms. The standard InChI is InChI=1S/C8H6BrIN3O2P/c1-15-8(14)6-5-2-4(9)3-11-7(5)13(12-6)16-10/h2-3,16H,1H3. The molecule has 2 rings (SSSR count). The number of aromatic nitrogens is 3. The summed E-state index contributed by atoms with van der Waals surface area (Å²) >= 11 is 5.50. The van der Waals surface area contributed by atoms with Crippen LogP contribution in [0.5, 0.6) is 0 Å². The maximum absolute atomic E-state index is 11.5. The third-order valence-corrected chi connectivity index (χ3v) is 4.22. The summed E-state index contributed by atoms with van der Waals surface area (Å²) in [5, 5.41) is 4.88. The van der Waals surface area contributed by atoms with Crippen molar-refractivity contribution in [1.82, 2.24) is 14.5 Å². The molecule has 0 N–H and O–H groups in total. The number of fused-ring (bicyclic) bond motifs is 1. The minimum Gasteiger partial charge on any atom is -0.464 e. The molecule has 1 atom stereocenters. The van der Waals surface area contributed by atoms with Gasteiger partial charge in [0.15, 0.2) is 11.3 Å². The first-order valence-corrected chi connectivity index (χ1v) is 9.02. The summed E-state index contributed by atoms with van der Waals surface area (Å²) in [6, 6.07) is 1.81. The maximum atomic E-state index is 11.5. The Morgan fingerprint density at radius 2 is 2.44 bits per heavy atom. The smallest absolute Gasteiger partial charge is 0.359 e. The lowest BCUT2D eigenvalue weighted by molar-refractivity contribution is 0.0596. The fourth-order valence-electron chi connectivity index (χ4n) is 1.28. The number of hydrogen-bond donors (Lipinski definition) is 0. The van der Waals surface area contributed by atoms with E-state index in [0.29, 0.717) is 23.1 Å². The van der Waals surface area contributed by atoms with E-state index in [-0.39, 0.29) is 0 Å². The zero-order valence-corrected chi connectivity index (χ0v) is 12.8. The molecule has 0 aromatic carbocycles. The van der Waals surface area contributed by atoms with Crippen LogP contribution < -0.4 is 0 Å². The monoisotopic (exact) mass is 413 g/mol. The van der Waals surface area contributed by atoms with Gasteiger partial charge in [0.25, 0.3) is 0 Å². The van der Waals surface area contributed by atoms with E-state index >= 15 is 0 Å². The molecule has 0 radical (unpaired) electrons. The number of hydrogen-bond acceptors (Lipinski definition) is 4. The Balaban J connectivity index is 2.73. The summed E-state index contributed by atoms with van der Waals surface area (Å²) in [7, 11) is 1.34. The largest absolute Gasteiger partial charge is 0.464 e. The minimum absolute atomic E-state index is 0.301. The van der Waals surface area contributed by atoms with Gasteiger partial charge in [0.05, 0.1) is 18.9 Å². The zero-order chi connectivity index (χ0) is 11.7. The fraction of sp³-hybridized carbons (Fsp3) is 0.125. The highest BCUT2D eigenvalue weighted by Gasteiger charge is 2.18. The van der Waals surface area contributed by atoms with Crippen LogP contribution in [0.2, 0.25) is 0 Å². The molecule has 0 amide bonds. The van der Waals surface area contributed by atoms with Gasteiger partial charge >= 0.3 is 5.97 Å². The van der Waals surface area contributed by atoms with Gasteiger partial charge in [0.1, 0.15) is 0 Å². The first kappa shape index (κ1) is 12.2. The van der Waals surface area contributed by atoms with Crippen LogP contribution >= 0.6 is 44.3 Å². The summed E-state index contributed by atoms with van der Waals surface area (Å²) < 4.78 is 7.18. The molecule has 0 saturated carbocycles. The average molecular weight is 414 g/mol. The van der Waals surface area contributed by atoms with Gasteiger partial charge in [-0.25, -0.2) is 14.2 Å². The maximum Gasteiger partial charge on any atom is 0.359 e. The van der Waals surface area contributed by atoms with Crippen molar-refractivity contribution >= 4 is 61.3 Å². The molecule has 2 heterocycles. The molecule has 2 aromatic heterocycles. The Kier molecular flexibility index (Phi) is 3.76. The molecule has 84 valence electrons. The molecular formula is C8H6BrIN3O2P. The van der Waals surface area contributed by atoms with Gasteiger partial charge in [-0.3, -0.25) is 0 Å². The van der Waals surface area contributed by atoms with Crippen LogP contribution in [0, 0.1) is 0 Å². The summed E-state index contributed by atoms with van der Waals surface area (Å²) in [4.78, 5) is 15.8. The van der Waals surface area contributed by atoms with E-state index in [1.807, 2.05) is 6.07 Å². The first-order valence-electron chi connectivity index (χ1n) is 4.16. The van der Waals surface area contributed by atoms with E-state index in [0.717, 1.165) is 4.47 Å². The van der Waals surface area contributed by atoms with Crippen molar-refractivity contribution < 1.29 is 9.53 Å². The second kappa shape index (κ2) is 4.93. The predicted octanol–water partition coefficient (Wildman–Crippen LogP) is 2.77. The number of carbonyl (C=O) groups is 1. The fourth-order valence-corrected chi connectivity index (χ4v) is 3.02. The van der Waals surface area contributed by atoms with Crippen molar-refractivity contribution in [3.63, 3.8) is 0 Å². The van der Waals surface area contributed by atoms with Crippen molar-refractivity contribution in [2.24, 2.45) is 0 Å². The van der Waals surface area contributed by atoms with E-state index in [1.54, 1.807) is 10.6 Å². The number of nitrogens with zero attached hydrogens (tertiary/aromatic N) is 3. The van der Waals surface area contributed by atoms with Gasteiger partial charge in [-0.15, -0.1) is 0 Å². The molecule has 0 saturated heterocycles. The molecule has 0 bridgehead atoms. The molecular weight excluding hydrogens is 408 g/mol. The van der Waals surface area contributed by atoms with Gasteiger partial charge in [0, 0.05) is 10.7 Å². The Bertz CT molecular complexity index is 559. The third-order valence-electron chi connectivity index (χ3n) is 1.95. The molecule has 1 unspecified atom stereocenters. The van der Waals surface area contributed by atoms with Crippen LogP contribution in [-0.2, 0) is 4.74 Å². The Hall–Kier alpha value is -0.270. The highest BCUT2D eigenvalue weighted by atomic mass is 127. The van der Waals surface area contributed by atoms with Crippen LogP contribution in [0.15, 0.2) is 16.7 Å². The minimum atomic E-state index is -0.446. The van der Waals surface area contributed by atoms with Crippen LogP contribution in [0.4, 0.5) is 0 Å². The topological polar surface area (TPSA) is 57.0 Å². The lowest BCUT2D eigenvalue weighted by Gasteiger charge is -1.95. The number of methoxy groups -OCH3 is 1. The van der Waals surface area contributed by atoms with Crippen molar-refractivity contribution in [2.45, 2.75) is 0 Å². The first-order chi connectivity index (χ1) is 7.67. The molecule has 0 aliphatic carbocycles. The van der Waals surface area contributed by atoms with Crippen molar-refractivity contribution in [1.29, 1.82) is 0 Å². The van der Waals surface area contributed by atoms with Gasteiger partial charge in [-0.2, -0.15) is 5.10 Å². The molecule has 5 nitrogen and oxygen atoms in total. The van der Waals surface area contributed by atoms with Crippen LogP contribution in [0.1, 0.15) is 10.5 Å². The number of esters is 1. The van der Waals surface area contributed by atoms with Crippen LogP contribution in [-0.4, -0.2) is 27.6 Å². The normalized spacial score (nSPS) is 11.4. The zero-order valence-electron chi connectivity index (χ0n) is 8.07. The number of carbonyl (C=O) groups excluding carboxylic acids is 1. The molecule has 0 aliphatic heterocycles. The summed E-state index contributed by atoms with van der Waals surface area (Å²) in [5.41, 5.74) is 0.992. The molecule has 0 aliphatic rings. The summed E-state index contributed by atoms with van der Waals surface area (Å²) in [6.07, 6.45) is 2.06. The highest BCUT2D eigenvalue weighted by Crippen LogP contribution is 2.30. The quantitative estimate of drug-likeness (QED) is 0.431. The van der Waals surface area contributed by atoms with Gasteiger partial charge in [-0.1, -0.05) is 0 Å². The average Bonchev–Trinajstić information content (AvgIpc) is 2.66. The van der Waals surface area contributed by atoms with Crippen molar-refractivity contribution in [3.8, 4) is 0 Å². The van der Waals surface area contributed by atoms with E-state index in [1.165, 1.54) is 7.11 Å². The van der Waals surface area contributed by atoms with E-state index < -0.39 is 5.97 Å². The Morgan fingerprint density at radius 3 is 3.06 bits per heavy atom. The third kappa shape index (κ3) is 2.08. The molecule has 16 heavy (non-hydrogen) atoms. The molecule has 2 aromatic rings. The van der Waals surface area contributed by atoms with E-state index in [4.69, 9.17) is 0 Å². The van der Waals surface area contributed by atoms with Crippen LogP contribution in [0.25, 0.3) is 11.0 Å². The number of halogens is 2. The predicted molar refractivity (Wildman–Crippen MR) is 74.3 cm³/mol. The van der Waals surface area contributed by atoms with Gasteiger partial charge in [-0.05, 0) is 44.0 Å². The Labute approximate surface area is 114 Å². The number of rotatable bonds is 2. The van der Waals surface area contributed by atoms with E-state index in [9.17, 15) is 4.79 Å². The molecule has 0 spiro atoms. The lowest BCUT2D eigenvalue weighted by Crippen LogP contribution is -2.02. The van der Waals surface area contributed by atoms with Gasteiger partial charge < -0.3 is 4.74 Å². The SMILES string of the molecule is COC(=O)c1nn(PI)c2ncc(Br)cc12. The lowest BCUT2D eigenvalue weighted by atomic mass is 10.3. The van der Waals surface area contributed by atoms with Crippen molar-refractivity contribution in [3.05, 3.63) is 22.4 Å². The van der Waals surface area contributed by atoms with E-state index in [2.05, 4.69) is 52.8 Å². The van der Waals surface area contributed by atoms with Crippen LogP contribution in [0.3, 0.4) is 0 Å². The Morgan fingerprint density at radius 1 is 1.69 bits per heavy atom. The number of pyridine rings is 1. The molecule has 0 fully saturated rings.